The smallest absolute Gasteiger partial charge is 0.0528 e. The highest BCUT2D eigenvalue weighted by Gasteiger charge is 2.23. The first-order valence-corrected chi connectivity index (χ1v) is 6.06. The van der Waals surface area contributed by atoms with Crippen LogP contribution in [0.15, 0.2) is 24.5 Å². The van der Waals surface area contributed by atoms with Crippen LogP contribution in [0.3, 0.4) is 0 Å². The minimum atomic E-state index is 0.660. The predicted octanol–water partition coefficient (Wildman–Crippen LogP) is 3.46. The van der Waals surface area contributed by atoms with E-state index in [1.807, 2.05) is 18.5 Å². The van der Waals surface area contributed by atoms with Gasteiger partial charge in [-0.3, -0.25) is 4.98 Å². The van der Waals surface area contributed by atoms with Crippen molar-refractivity contribution in [1.29, 1.82) is 0 Å². The second kappa shape index (κ2) is 5.15. The maximum absolute atomic E-state index is 4.14. The molecule has 0 spiro atoms. The summed E-state index contributed by atoms with van der Waals surface area (Å²) >= 11 is 0. The van der Waals surface area contributed by atoms with Gasteiger partial charge in [0.05, 0.1) is 5.69 Å². The van der Waals surface area contributed by atoms with Crippen molar-refractivity contribution in [2.24, 2.45) is 5.92 Å². The maximum Gasteiger partial charge on any atom is 0.0528 e. The summed E-state index contributed by atoms with van der Waals surface area (Å²) in [5.41, 5.74) is 1.17. The van der Waals surface area contributed by atoms with Crippen LogP contribution in [0.4, 0.5) is 5.69 Å². The van der Waals surface area contributed by atoms with Gasteiger partial charge in [-0.05, 0) is 30.9 Å². The molecule has 82 valence electrons. The van der Waals surface area contributed by atoms with Crippen molar-refractivity contribution in [2.75, 3.05) is 5.32 Å². The van der Waals surface area contributed by atoms with Gasteiger partial charge in [-0.15, -0.1) is 0 Å². The lowest BCUT2D eigenvalue weighted by Gasteiger charge is -2.32. The highest BCUT2D eigenvalue weighted by molar-refractivity contribution is 5.41. The van der Waals surface area contributed by atoms with Crippen LogP contribution >= 0.6 is 0 Å². The summed E-state index contributed by atoms with van der Waals surface area (Å²) in [5.74, 6) is 0.846. The summed E-state index contributed by atoms with van der Waals surface area (Å²) in [6.45, 7) is 2.30. The van der Waals surface area contributed by atoms with E-state index in [1.54, 1.807) is 0 Å². The molecule has 2 unspecified atom stereocenters. The van der Waals surface area contributed by atoms with Gasteiger partial charge in [0.2, 0.25) is 0 Å². The zero-order valence-electron chi connectivity index (χ0n) is 9.45. The Labute approximate surface area is 92.1 Å². The first-order chi connectivity index (χ1) is 7.40. The van der Waals surface area contributed by atoms with Crippen LogP contribution in [-0.4, -0.2) is 11.0 Å². The van der Waals surface area contributed by atoms with Gasteiger partial charge in [0.25, 0.3) is 0 Å². The van der Waals surface area contributed by atoms with E-state index >= 15 is 0 Å². The lowest BCUT2D eigenvalue weighted by molar-refractivity contribution is 0.317. The molecule has 0 saturated heterocycles. The molecule has 1 aliphatic carbocycles. The number of rotatable bonds is 3. The Morgan fingerprint density at radius 2 is 2.27 bits per heavy atom. The van der Waals surface area contributed by atoms with Crippen LogP contribution < -0.4 is 5.32 Å². The fraction of sp³-hybridized carbons (Fsp3) is 0.615. The molecule has 1 fully saturated rings. The van der Waals surface area contributed by atoms with E-state index in [-0.39, 0.29) is 0 Å². The molecule has 2 rings (SSSR count). The molecular formula is C13H20N2. The molecule has 1 aliphatic rings. The SMILES string of the molecule is CCC1CCCCC1Nc1cccnc1. The molecule has 0 amide bonds. The molecule has 1 aromatic rings. The van der Waals surface area contributed by atoms with E-state index < -0.39 is 0 Å². The number of nitrogens with zero attached hydrogens (tertiary/aromatic N) is 1. The molecule has 0 aliphatic heterocycles. The Hall–Kier alpha value is -1.05. The Morgan fingerprint density at radius 3 is 3.00 bits per heavy atom. The monoisotopic (exact) mass is 204 g/mol. The first kappa shape index (κ1) is 10.5. The fourth-order valence-electron chi connectivity index (χ4n) is 2.55. The number of hydrogen-bond acceptors (Lipinski definition) is 2. The average Bonchev–Trinajstić information content (AvgIpc) is 2.31. The van der Waals surface area contributed by atoms with Gasteiger partial charge in [-0.25, -0.2) is 0 Å². The topological polar surface area (TPSA) is 24.9 Å². The Morgan fingerprint density at radius 1 is 1.40 bits per heavy atom. The van der Waals surface area contributed by atoms with Gasteiger partial charge < -0.3 is 5.32 Å². The Bertz CT molecular complexity index is 284. The van der Waals surface area contributed by atoms with Crippen molar-refractivity contribution in [3.05, 3.63) is 24.5 Å². The summed E-state index contributed by atoms with van der Waals surface area (Å²) in [7, 11) is 0. The number of nitrogens with one attached hydrogen (secondary N) is 1. The van der Waals surface area contributed by atoms with E-state index in [9.17, 15) is 0 Å². The summed E-state index contributed by atoms with van der Waals surface area (Å²) in [6, 6.07) is 4.76. The predicted molar refractivity (Wildman–Crippen MR) is 63.9 cm³/mol. The second-order valence-electron chi connectivity index (χ2n) is 4.45. The van der Waals surface area contributed by atoms with E-state index in [4.69, 9.17) is 0 Å². The van der Waals surface area contributed by atoms with Crippen molar-refractivity contribution in [2.45, 2.75) is 45.1 Å². The third-order valence-electron chi connectivity index (χ3n) is 3.45. The highest BCUT2D eigenvalue weighted by Crippen LogP contribution is 2.29. The largest absolute Gasteiger partial charge is 0.381 e. The fourth-order valence-corrected chi connectivity index (χ4v) is 2.55. The lowest BCUT2D eigenvalue weighted by Crippen LogP contribution is -2.31. The molecule has 2 nitrogen and oxygen atoms in total. The zero-order chi connectivity index (χ0) is 10.5. The van der Waals surface area contributed by atoms with Gasteiger partial charge in [0.15, 0.2) is 0 Å². The molecule has 1 aromatic heterocycles. The molecule has 1 heterocycles. The van der Waals surface area contributed by atoms with E-state index in [0.717, 1.165) is 5.92 Å². The van der Waals surface area contributed by atoms with E-state index in [0.29, 0.717) is 6.04 Å². The first-order valence-electron chi connectivity index (χ1n) is 6.06. The van der Waals surface area contributed by atoms with Crippen LogP contribution in [0.25, 0.3) is 0 Å². The zero-order valence-corrected chi connectivity index (χ0v) is 9.45. The van der Waals surface area contributed by atoms with Gasteiger partial charge in [0.1, 0.15) is 0 Å². The molecule has 0 radical (unpaired) electrons. The van der Waals surface area contributed by atoms with Crippen molar-refractivity contribution in [3.8, 4) is 0 Å². The molecule has 1 saturated carbocycles. The Balaban J connectivity index is 1.97. The number of pyridine rings is 1. The van der Waals surface area contributed by atoms with Crippen LogP contribution in [0, 0.1) is 5.92 Å². The van der Waals surface area contributed by atoms with Crippen molar-refractivity contribution in [3.63, 3.8) is 0 Å². The molecule has 0 bridgehead atoms. The van der Waals surface area contributed by atoms with E-state index in [2.05, 4.69) is 23.3 Å². The average molecular weight is 204 g/mol. The van der Waals surface area contributed by atoms with Crippen LogP contribution in [0.5, 0.6) is 0 Å². The summed E-state index contributed by atoms with van der Waals surface area (Å²) < 4.78 is 0. The molecule has 0 aromatic carbocycles. The van der Waals surface area contributed by atoms with E-state index in [1.165, 1.54) is 37.8 Å². The third kappa shape index (κ3) is 2.71. The molecule has 1 N–H and O–H groups in total. The van der Waals surface area contributed by atoms with Crippen LogP contribution in [0.2, 0.25) is 0 Å². The summed E-state index contributed by atoms with van der Waals surface area (Å²) in [4.78, 5) is 4.14. The quantitative estimate of drug-likeness (QED) is 0.815. The molecule has 2 heteroatoms. The second-order valence-corrected chi connectivity index (χ2v) is 4.45. The lowest BCUT2D eigenvalue weighted by atomic mass is 9.83. The van der Waals surface area contributed by atoms with Crippen LogP contribution in [0.1, 0.15) is 39.0 Å². The highest BCUT2D eigenvalue weighted by atomic mass is 14.9. The normalized spacial score (nSPS) is 26.2. The molecular weight excluding hydrogens is 184 g/mol. The molecule has 2 atom stereocenters. The van der Waals surface area contributed by atoms with Crippen LogP contribution in [-0.2, 0) is 0 Å². The van der Waals surface area contributed by atoms with Gasteiger partial charge in [-0.2, -0.15) is 0 Å². The van der Waals surface area contributed by atoms with Crippen molar-refractivity contribution >= 4 is 5.69 Å². The Kier molecular flexibility index (Phi) is 3.59. The summed E-state index contributed by atoms with van der Waals surface area (Å²) in [6.07, 6.45) is 10.5. The van der Waals surface area contributed by atoms with Gasteiger partial charge in [0, 0.05) is 18.4 Å². The van der Waals surface area contributed by atoms with Gasteiger partial charge in [-0.1, -0.05) is 26.2 Å². The summed E-state index contributed by atoms with van der Waals surface area (Å²) in [5, 5.41) is 3.62. The van der Waals surface area contributed by atoms with Crippen molar-refractivity contribution < 1.29 is 0 Å². The number of aromatic nitrogens is 1. The number of anilines is 1. The number of hydrogen-bond donors (Lipinski definition) is 1. The maximum atomic E-state index is 4.14. The molecule has 15 heavy (non-hydrogen) atoms. The minimum absolute atomic E-state index is 0.660. The third-order valence-corrected chi connectivity index (χ3v) is 3.45. The van der Waals surface area contributed by atoms with Gasteiger partial charge >= 0.3 is 0 Å². The standard InChI is InChI=1S/C13H20N2/c1-2-11-6-3-4-8-13(11)15-12-7-5-9-14-10-12/h5,7,9-11,13,15H,2-4,6,8H2,1H3. The minimum Gasteiger partial charge on any atom is -0.381 e. The van der Waals surface area contributed by atoms with Crippen molar-refractivity contribution in [1.82, 2.24) is 4.98 Å².